The molecule has 0 unspecified atom stereocenters. The third-order valence-corrected chi connectivity index (χ3v) is 4.15. The lowest BCUT2D eigenvalue weighted by atomic mass is 10.1. The first kappa shape index (κ1) is 15.5. The Morgan fingerprint density at radius 3 is 2.70 bits per heavy atom. The summed E-state index contributed by atoms with van der Waals surface area (Å²) in [7, 11) is 0. The van der Waals surface area contributed by atoms with Crippen LogP contribution < -0.4 is 5.43 Å². The molecule has 2 heterocycles. The SMILES string of the molecule is CC(=O)Cn1cc(-c2csc(C)n2)c(=O)c2cc(F)cc(F)c21. The van der Waals surface area contributed by atoms with Gasteiger partial charge in [0.25, 0.3) is 0 Å². The first-order chi connectivity index (χ1) is 10.9. The largest absolute Gasteiger partial charge is 0.337 e. The molecule has 3 rings (SSSR count). The Hall–Kier alpha value is -2.41. The van der Waals surface area contributed by atoms with E-state index in [2.05, 4.69) is 4.98 Å². The lowest BCUT2D eigenvalue weighted by Crippen LogP contribution is -2.16. The fourth-order valence-corrected chi connectivity index (χ4v) is 3.10. The van der Waals surface area contributed by atoms with Crippen LogP contribution in [0.2, 0.25) is 0 Å². The second-order valence-electron chi connectivity index (χ2n) is 5.24. The zero-order valence-electron chi connectivity index (χ0n) is 12.4. The van der Waals surface area contributed by atoms with E-state index in [0.29, 0.717) is 11.8 Å². The Labute approximate surface area is 134 Å². The Bertz CT molecular complexity index is 992. The number of nitrogens with zero attached hydrogens (tertiary/aromatic N) is 2. The number of thiazole rings is 1. The van der Waals surface area contributed by atoms with Gasteiger partial charge in [-0.2, -0.15) is 0 Å². The van der Waals surface area contributed by atoms with E-state index in [-0.39, 0.29) is 28.8 Å². The minimum absolute atomic E-state index is 0.0812. The van der Waals surface area contributed by atoms with E-state index in [9.17, 15) is 18.4 Å². The fraction of sp³-hybridized carbons (Fsp3) is 0.188. The van der Waals surface area contributed by atoms with Crippen molar-refractivity contribution >= 4 is 28.0 Å². The molecule has 0 saturated carbocycles. The van der Waals surface area contributed by atoms with E-state index in [1.54, 1.807) is 12.3 Å². The number of ketones is 1. The molecule has 0 atom stereocenters. The Kier molecular flexibility index (Phi) is 3.81. The second-order valence-corrected chi connectivity index (χ2v) is 6.30. The van der Waals surface area contributed by atoms with Gasteiger partial charge in [-0.15, -0.1) is 11.3 Å². The molecule has 7 heteroatoms. The van der Waals surface area contributed by atoms with E-state index >= 15 is 0 Å². The molecule has 0 aliphatic carbocycles. The zero-order chi connectivity index (χ0) is 16.7. The van der Waals surface area contributed by atoms with Gasteiger partial charge in [0.05, 0.1) is 33.7 Å². The van der Waals surface area contributed by atoms with Crippen LogP contribution in [0.25, 0.3) is 22.2 Å². The predicted molar refractivity (Wildman–Crippen MR) is 84.7 cm³/mol. The highest BCUT2D eigenvalue weighted by molar-refractivity contribution is 7.09. The number of pyridine rings is 1. The van der Waals surface area contributed by atoms with Crippen LogP contribution in [0.15, 0.2) is 28.5 Å². The fourth-order valence-electron chi connectivity index (χ4n) is 2.49. The van der Waals surface area contributed by atoms with Crippen LogP contribution in [0.1, 0.15) is 11.9 Å². The van der Waals surface area contributed by atoms with Crippen molar-refractivity contribution in [1.82, 2.24) is 9.55 Å². The number of hydrogen-bond acceptors (Lipinski definition) is 4. The molecular formula is C16H12F2N2O2S. The number of hydrogen-bond donors (Lipinski definition) is 0. The maximum atomic E-state index is 14.2. The average Bonchev–Trinajstić information content (AvgIpc) is 2.87. The lowest BCUT2D eigenvalue weighted by molar-refractivity contribution is -0.117. The van der Waals surface area contributed by atoms with Gasteiger partial charge in [0.2, 0.25) is 0 Å². The quantitative estimate of drug-likeness (QED) is 0.738. The summed E-state index contributed by atoms with van der Waals surface area (Å²) in [6.45, 7) is 3.04. The topological polar surface area (TPSA) is 52.0 Å². The predicted octanol–water partition coefficient (Wildman–Crippen LogP) is 3.30. The van der Waals surface area contributed by atoms with E-state index in [0.717, 1.165) is 11.1 Å². The summed E-state index contributed by atoms with van der Waals surface area (Å²) in [5, 5.41) is 2.36. The normalized spacial score (nSPS) is 11.1. The third kappa shape index (κ3) is 2.79. The van der Waals surface area contributed by atoms with Crippen LogP contribution in [0, 0.1) is 18.6 Å². The number of aryl methyl sites for hydroxylation is 1. The van der Waals surface area contributed by atoms with Crippen LogP contribution in [0.3, 0.4) is 0 Å². The van der Waals surface area contributed by atoms with Crippen molar-refractivity contribution in [3.63, 3.8) is 0 Å². The Morgan fingerprint density at radius 2 is 2.09 bits per heavy atom. The Balaban J connectivity index is 2.41. The number of halogens is 2. The van der Waals surface area contributed by atoms with Crippen molar-refractivity contribution in [1.29, 1.82) is 0 Å². The van der Waals surface area contributed by atoms with E-state index in [1.165, 1.54) is 29.0 Å². The van der Waals surface area contributed by atoms with Crippen molar-refractivity contribution in [3.8, 4) is 11.3 Å². The maximum Gasteiger partial charge on any atom is 0.199 e. The number of fused-ring (bicyclic) bond motifs is 1. The van der Waals surface area contributed by atoms with Crippen molar-refractivity contribution in [3.05, 3.63) is 50.6 Å². The second kappa shape index (κ2) is 5.66. The monoisotopic (exact) mass is 334 g/mol. The minimum atomic E-state index is -0.876. The number of aromatic nitrogens is 2. The molecule has 2 aromatic heterocycles. The molecule has 4 nitrogen and oxygen atoms in total. The summed E-state index contributed by atoms with van der Waals surface area (Å²) < 4.78 is 29.0. The molecule has 1 aromatic carbocycles. The highest BCUT2D eigenvalue weighted by atomic mass is 32.1. The van der Waals surface area contributed by atoms with Crippen molar-refractivity contribution in [2.75, 3.05) is 0 Å². The van der Waals surface area contributed by atoms with E-state index in [1.807, 2.05) is 0 Å². The molecule has 0 N–H and O–H groups in total. The molecule has 0 aliphatic heterocycles. The summed E-state index contributed by atoms with van der Waals surface area (Å²) in [5.41, 5.74) is 0.0558. The highest BCUT2D eigenvalue weighted by Crippen LogP contribution is 2.24. The van der Waals surface area contributed by atoms with Crippen LogP contribution in [0.5, 0.6) is 0 Å². The average molecular weight is 334 g/mol. The molecule has 0 aliphatic rings. The van der Waals surface area contributed by atoms with Gasteiger partial charge < -0.3 is 4.57 Å². The number of rotatable bonds is 3. The molecule has 3 aromatic rings. The van der Waals surface area contributed by atoms with Crippen molar-refractivity contribution < 1.29 is 13.6 Å². The minimum Gasteiger partial charge on any atom is -0.337 e. The number of Topliss-reactive ketones (excluding diaryl/α,β-unsaturated/α-hetero) is 1. The number of benzene rings is 1. The smallest absolute Gasteiger partial charge is 0.199 e. The van der Waals surface area contributed by atoms with Gasteiger partial charge in [-0.3, -0.25) is 9.59 Å². The summed E-state index contributed by atoms with van der Waals surface area (Å²) in [5.74, 6) is -1.92. The molecule has 0 saturated heterocycles. The molecule has 0 spiro atoms. The lowest BCUT2D eigenvalue weighted by Gasteiger charge is -2.12. The molecule has 0 radical (unpaired) electrons. The number of carbonyl (C=O) groups is 1. The van der Waals surface area contributed by atoms with E-state index < -0.39 is 17.1 Å². The third-order valence-electron chi connectivity index (χ3n) is 3.38. The van der Waals surface area contributed by atoms with Gasteiger partial charge >= 0.3 is 0 Å². The first-order valence-corrected chi connectivity index (χ1v) is 7.69. The summed E-state index contributed by atoms with van der Waals surface area (Å²) >= 11 is 1.37. The molecule has 0 amide bonds. The maximum absolute atomic E-state index is 14.2. The van der Waals surface area contributed by atoms with Gasteiger partial charge in [0.15, 0.2) is 11.2 Å². The van der Waals surface area contributed by atoms with Gasteiger partial charge in [-0.25, -0.2) is 13.8 Å². The van der Waals surface area contributed by atoms with Gasteiger partial charge in [0, 0.05) is 17.6 Å². The van der Waals surface area contributed by atoms with Gasteiger partial charge in [-0.05, 0) is 19.9 Å². The first-order valence-electron chi connectivity index (χ1n) is 6.81. The highest BCUT2D eigenvalue weighted by Gasteiger charge is 2.17. The van der Waals surface area contributed by atoms with Crippen molar-refractivity contribution in [2.45, 2.75) is 20.4 Å². The zero-order valence-corrected chi connectivity index (χ0v) is 13.2. The van der Waals surface area contributed by atoms with Crippen molar-refractivity contribution in [2.24, 2.45) is 0 Å². The van der Waals surface area contributed by atoms with Crippen LogP contribution in [0.4, 0.5) is 8.78 Å². The standard InChI is InChI=1S/C16H12F2N2O2S/c1-8(21)5-20-6-12(14-7-23-9(2)19-14)16(22)11-3-10(17)4-13(18)15(11)20/h3-4,6-7H,5H2,1-2H3. The molecule has 23 heavy (non-hydrogen) atoms. The summed E-state index contributed by atoms with van der Waals surface area (Å²) in [4.78, 5) is 28.3. The van der Waals surface area contributed by atoms with Crippen LogP contribution in [-0.2, 0) is 11.3 Å². The molecule has 118 valence electrons. The molecule has 0 fully saturated rings. The van der Waals surface area contributed by atoms with Crippen LogP contribution in [-0.4, -0.2) is 15.3 Å². The Morgan fingerprint density at radius 1 is 1.35 bits per heavy atom. The van der Waals surface area contributed by atoms with Gasteiger partial charge in [0.1, 0.15) is 11.6 Å². The number of carbonyl (C=O) groups excluding carboxylic acids is 1. The van der Waals surface area contributed by atoms with Crippen LogP contribution >= 0.6 is 11.3 Å². The summed E-state index contributed by atoms with van der Waals surface area (Å²) in [6, 6.07) is 1.69. The van der Waals surface area contributed by atoms with Gasteiger partial charge in [-0.1, -0.05) is 0 Å². The molecule has 0 bridgehead atoms. The summed E-state index contributed by atoms with van der Waals surface area (Å²) in [6.07, 6.45) is 1.40. The molecular weight excluding hydrogens is 322 g/mol. The van der Waals surface area contributed by atoms with E-state index in [4.69, 9.17) is 0 Å².